The van der Waals surface area contributed by atoms with Gasteiger partial charge in [-0.05, 0) is 27.2 Å². The van der Waals surface area contributed by atoms with Crippen molar-refractivity contribution in [1.82, 2.24) is 14.7 Å². The lowest BCUT2D eigenvalue weighted by Crippen LogP contribution is -2.50. The van der Waals surface area contributed by atoms with Crippen molar-refractivity contribution in [2.24, 2.45) is 0 Å². The summed E-state index contributed by atoms with van der Waals surface area (Å²) in [7, 11) is -3.65. The fraction of sp³-hybridized carbons (Fsp3) is 0.667. The molecule has 0 spiro atoms. The molecule has 1 aliphatic heterocycles. The predicted octanol–water partition coefficient (Wildman–Crippen LogP) is 0.754. The summed E-state index contributed by atoms with van der Waals surface area (Å²) < 4.78 is 32.8. The fourth-order valence-electron chi connectivity index (χ4n) is 2.04. The van der Waals surface area contributed by atoms with Crippen molar-refractivity contribution in [2.75, 3.05) is 18.5 Å². The van der Waals surface area contributed by atoms with E-state index in [9.17, 15) is 8.42 Å². The van der Waals surface area contributed by atoms with Crippen LogP contribution in [0.2, 0.25) is 0 Å². The number of anilines is 1. The summed E-state index contributed by atoms with van der Waals surface area (Å²) in [6, 6.07) is 0. The monoisotopic (exact) mass is 300 g/mol. The van der Waals surface area contributed by atoms with Gasteiger partial charge in [-0.25, -0.2) is 23.1 Å². The molecule has 1 aliphatic rings. The number of rotatable bonds is 5. The van der Waals surface area contributed by atoms with Gasteiger partial charge >= 0.3 is 0 Å². The SMILES string of the molecule is CCNc1ncc(S(=O)(=O)NC2(C)CCOC2C)cn1. The van der Waals surface area contributed by atoms with Crippen LogP contribution in [-0.4, -0.2) is 43.2 Å². The van der Waals surface area contributed by atoms with Gasteiger partial charge in [0.1, 0.15) is 4.90 Å². The summed E-state index contributed by atoms with van der Waals surface area (Å²) >= 11 is 0. The standard InChI is InChI=1S/C12H20N4O3S/c1-4-13-11-14-7-10(8-15-11)20(17,18)16-12(3)5-6-19-9(12)2/h7-9,16H,4-6H2,1-3H3,(H,13,14,15). The number of ether oxygens (including phenoxy) is 1. The van der Waals surface area contributed by atoms with Crippen molar-refractivity contribution in [1.29, 1.82) is 0 Å². The number of hydrogen-bond acceptors (Lipinski definition) is 6. The second-order valence-corrected chi connectivity index (χ2v) is 6.74. The van der Waals surface area contributed by atoms with Crippen molar-refractivity contribution in [2.45, 2.75) is 43.7 Å². The van der Waals surface area contributed by atoms with E-state index in [1.165, 1.54) is 12.4 Å². The molecule has 0 radical (unpaired) electrons. The zero-order chi connectivity index (χ0) is 14.8. The molecule has 1 saturated heterocycles. The van der Waals surface area contributed by atoms with E-state index in [-0.39, 0.29) is 11.0 Å². The summed E-state index contributed by atoms with van der Waals surface area (Å²) in [5.74, 6) is 0.412. The van der Waals surface area contributed by atoms with Crippen LogP contribution in [0.1, 0.15) is 27.2 Å². The van der Waals surface area contributed by atoms with Gasteiger partial charge in [0.2, 0.25) is 16.0 Å². The molecule has 0 aromatic carbocycles. The fourth-order valence-corrected chi connectivity index (χ4v) is 3.42. The molecule has 2 heterocycles. The molecule has 0 aliphatic carbocycles. The molecular weight excluding hydrogens is 280 g/mol. The summed E-state index contributed by atoms with van der Waals surface area (Å²) in [6.45, 7) is 6.85. The maximum atomic E-state index is 12.3. The summed E-state index contributed by atoms with van der Waals surface area (Å²) in [4.78, 5) is 8.01. The van der Waals surface area contributed by atoms with Crippen LogP contribution in [0.3, 0.4) is 0 Å². The van der Waals surface area contributed by atoms with E-state index in [2.05, 4.69) is 20.0 Å². The van der Waals surface area contributed by atoms with Gasteiger partial charge in [-0.15, -0.1) is 0 Å². The number of hydrogen-bond donors (Lipinski definition) is 2. The molecule has 0 amide bonds. The van der Waals surface area contributed by atoms with Crippen molar-refractivity contribution in [3.63, 3.8) is 0 Å². The van der Waals surface area contributed by atoms with Crippen LogP contribution in [-0.2, 0) is 14.8 Å². The van der Waals surface area contributed by atoms with E-state index in [0.717, 1.165) is 0 Å². The van der Waals surface area contributed by atoms with E-state index in [1.54, 1.807) is 0 Å². The number of sulfonamides is 1. The highest BCUT2D eigenvalue weighted by Gasteiger charge is 2.40. The van der Waals surface area contributed by atoms with Crippen molar-refractivity contribution < 1.29 is 13.2 Å². The summed E-state index contributed by atoms with van der Waals surface area (Å²) in [5, 5.41) is 2.92. The molecule has 1 aromatic rings. The molecule has 112 valence electrons. The van der Waals surface area contributed by atoms with Crippen LogP contribution in [0.25, 0.3) is 0 Å². The van der Waals surface area contributed by atoms with Gasteiger partial charge in [0, 0.05) is 13.2 Å². The topological polar surface area (TPSA) is 93.2 Å². The maximum Gasteiger partial charge on any atom is 0.244 e. The Kier molecular flexibility index (Phi) is 4.26. The van der Waals surface area contributed by atoms with E-state index in [0.29, 0.717) is 25.5 Å². The molecule has 1 fully saturated rings. The van der Waals surface area contributed by atoms with E-state index >= 15 is 0 Å². The molecule has 2 N–H and O–H groups in total. The Morgan fingerprint density at radius 3 is 2.60 bits per heavy atom. The van der Waals surface area contributed by atoms with Gasteiger partial charge in [0.25, 0.3) is 0 Å². The molecule has 2 unspecified atom stereocenters. The van der Waals surface area contributed by atoms with Gasteiger partial charge in [-0.1, -0.05) is 0 Å². The first-order chi connectivity index (χ1) is 9.37. The van der Waals surface area contributed by atoms with E-state index < -0.39 is 15.6 Å². The normalized spacial score (nSPS) is 26.6. The Hall–Kier alpha value is -1.25. The Morgan fingerprint density at radius 1 is 1.45 bits per heavy atom. The van der Waals surface area contributed by atoms with Gasteiger partial charge in [-0.2, -0.15) is 0 Å². The first kappa shape index (κ1) is 15.1. The third-order valence-electron chi connectivity index (χ3n) is 3.53. The average Bonchev–Trinajstić information content (AvgIpc) is 2.69. The average molecular weight is 300 g/mol. The number of nitrogens with one attached hydrogen (secondary N) is 2. The van der Waals surface area contributed by atoms with Crippen molar-refractivity contribution >= 4 is 16.0 Å². The largest absolute Gasteiger partial charge is 0.376 e. The molecule has 1 aromatic heterocycles. The van der Waals surface area contributed by atoms with Crippen molar-refractivity contribution in [3.05, 3.63) is 12.4 Å². The highest BCUT2D eigenvalue weighted by atomic mass is 32.2. The molecule has 20 heavy (non-hydrogen) atoms. The zero-order valence-corrected chi connectivity index (χ0v) is 12.7. The predicted molar refractivity (Wildman–Crippen MR) is 75.0 cm³/mol. The third kappa shape index (κ3) is 3.08. The molecule has 0 saturated carbocycles. The van der Waals surface area contributed by atoms with Crippen LogP contribution >= 0.6 is 0 Å². The second-order valence-electron chi connectivity index (χ2n) is 5.06. The summed E-state index contributed by atoms with van der Waals surface area (Å²) in [5.41, 5.74) is -0.598. The minimum atomic E-state index is -3.65. The minimum Gasteiger partial charge on any atom is -0.376 e. The number of nitrogens with zero attached hydrogens (tertiary/aromatic N) is 2. The van der Waals surface area contributed by atoms with Crippen LogP contribution in [0.4, 0.5) is 5.95 Å². The molecule has 8 heteroatoms. The van der Waals surface area contributed by atoms with Gasteiger partial charge in [-0.3, -0.25) is 0 Å². The Bertz CT molecular complexity index is 561. The van der Waals surface area contributed by atoms with Crippen LogP contribution in [0.15, 0.2) is 17.3 Å². The van der Waals surface area contributed by atoms with E-state index in [1.807, 2.05) is 20.8 Å². The Balaban J connectivity index is 2.18. The van der Waals surface area contributed by atoms with Crippen LogP contribution in [0, 0.1) is 0 Å². The van der Waals surface area contributed by atoms with Crippen molar-refractivity contribution in [3.8, 4) is 0 Å². The smallest absolute Gasteiger partial charge is 0.244 e. The highest BCUT2D eigenvalue weighted by molar-refractivity contribution is 7.89. The minimum absolute atomic E-state index is 0.0551. The molecule has 2 rings (SSSR count). The zero-order valence-electron chi connectivity index (χ0n) is 11.9. The van der Waals surface area contributed by atoms with Gasteiger partial charge < -0.3 is 10.1 Å². The molecule has 2 atom stereocenters. The summed E-state index contributed by atoms with van der Waals surface area (Å²) in [6.07, 6.45) is 3.08. The molecular formula is C12H20N4O3S. The van der Waals surface area contributed by atoms with Crippen LogP contribution < -0.4 is 10.0 Å². The maximum absolute atomic E-state index is 12.3. The third-order valence-corrected chi connectivity index (χ3v) is 5.09. The second kappa shape index (κ2) is 5.63. The van der Waals surface area contributed by atoms with Crippen LogP contribution in [0.5, 0.6) is 0 Å². The van der Waals surface area contributed by atoms with Gasteiger partial charge in [0.15, 0.2) is 0 Å². The quantitative estimate of drug-likeness (QED) is 0.833. The first-order valence-electron chi connectivity index (χ1n) is 6.59. The highest BCUT2D eigenvalue weighted by Crippen LogP contribution is 2.27. The lowest BCUT2D eigenvalue weighted by Gasteiger charge is -2.28. The molecule has 0 bridgehead atoms. The number of aromatic nitrogens is 2. The van der Waals surface area contributed by atoms with E-state index in [4.69, 9.17) is 4.74 Å². The Labute approximate surface area is 119 Å². The molecule has 7 nitrogen and oxygen atoms in total. The van der Waals surface area contributed by atoms with Gasteiger partial charge in [0.05, 0.1) is 24.0 Å². The lowest BCUT2D eigenvalue weighted by atomic mass is 9.97. The first-order valence-corrected chi connectivity index (χ1v) is 8.07. The Morgan fingerprint density at radius 2 is 2.10 bits per heavy atom. The lowest BCUT2D eigenvalue weighted by molar-refractivity contribution is 0.0957.